The summed E-state index contributed by atoms with van der Waals surface area (Å²) in [5, 5.41) is 18.6. The van der Waals surface area contributed by atoms with Gasteiger partial charge in [-0.25, -0.2) is 0 Å². The maximum Gasteiger partial charge on any atom is 0.254 e. The van der Waals surface area contributed by atoms with Crippen LogP contribution < -0.4 is 0 Å². The Labute approximate surface area is 158 Å². The number of hydrogen-bond donors (Lipinski definition) is 1. The Morgan fingerprint density at radius 1 is 1.11 bits per heavy atom. The van der Waals surface area contributed by atoms with Crippen LogP contribution in [0.25, 0.3) is 5.69 Å². The van der Waals surface area contributed by atoms with Gasteiger partial charge in [0.25, 0.3) is 5.91 Å². The quantitative estimate of drug-likeness (QED) is 0.846. The molecule has 8 heteroatoms. The summed E-state index contributed by atoms with van der Waals surface area (Å²) in [4.78, 5) is 16.9. The molecule has 2 fully saturated rings. The lowest BCUT2D eigenvalue weighted by Crippen LogP contribution is -2.53. The summed E-state index contributed by atoms with van der Waals surface area (Å²) < 4.78 is 7.40. The molecule has 0 bridgehead atoms. The predicted octanol–water partition coefficient (Wildman–Crippen LogP) is 0.567. The molecule has 8 nitrogen and oxygen atoms in total. The second kappa shape index (κ2) is 7.75. The summed E-state index contributed by atoms with van der Waals surface area (Å²) in [6, 6.07) is 7.31. The zero-order valence-electron chi connectivity index (χ0n) is 15.3. The molecule has 0 aliphatic carbocycles. The van der Waals surface area contributed by atoms with Crippen LogP contribution >= 0.6 is 0 Å². The fraction of sp³-hybridized carbons (Fsp3) is 0.526. The van der Waals surface area contributed by atoms with Crippen molar-refractivity contribution < 1.29 is 14.6 Å². The number of aromatic nitrogens is 3. The molecule has 0 saturated carbocycles. The molecule has 1 atom stereocenters. The fourth-order valence-electron chi connectivity index (χ4n) is 3.84. The summed E-state index contributed by atoms with van der Waals surface area (Å²) in [6.45, 7) is 4.02. The van der Waals surface area contributed by atoms with E-state index in [1.54, 1.807) is 34.3 Å². The van der Waals surface area contributed by atoms with E-state index in [-0.39, 0.29) is 19.1 Å². The van der Waals surface area contributed by atoms with E-state index in [4.69, 9.17) is 4.74 Å². The molecule has 2 saturated heterocycles. The van der Waals surface area contributed by atoms with E-state index in [0.29, 0.717) is 25.3 Å². The molecule has 1 amide bonds. The molecule has 2 aliphatic heterocycles. The monoisotopic (exact) mass is 371 g/mol. The maximum atomic E-state index is 13.0. The minimum absolute atomic E-state index is 0.0874. The topological polar surface area (TPSA) is 83.7 Å². The van der Waals surface area contributed by atoms with E-state index < -0.39 is 5.60 Å². The van der Waals surface area contributed by atoms with Crippen molar-refractivity contribution in [1.82, 2.24) is 24.6 Å². The van der Waals surface area contributed by atoms with Crippen LogP contribution in [-0.2, 0) is 4.74 Å². The Bertz CT molecular complexity index is 758. The van der Waals surface area contributed by atoms with Crippen LogP contribution in [0.4, 0.5) is 0 Å². The number of rotatable bonds is 4. The Balaban J connectivity index is 1.46. The highest BCUT2D eigenvalue weighted by atomic mass is 16.5. The van der Waals surface area contributed by atoms with Gasteiger partial charge < -0.3 is 19.6 Å². The Morgan fingerprint density at radius 3 is 2.52 bits per heavy atom. The van der Waals surface area contributed by atoms with Gasteiger partial charge in [0.15, 0.2) is 0 Å². The fourth-order valence-corrected chi connectivity index (χ4v) is 3.84. The Kier molecular flexibility index (Phi) is 5.20. The second-order valence-corrected chi connectivity index (χ2v) is 7.40. The van der Waals surface area contributed by atoms with Crippen molar-refractivity contribution >= 4 is 5.91 Å². The summed E-state index contributed by atoms with van der Waals surface area (Å²) in [5.74, 6) is -0.0874. The highest BCUT2D eigenvalue weighted by Gasteiger charge is 2.36. The highest BCUT2D eigenvalue weighted by Crippen LogP contribution is 2.20. The van der Waals surface area contributed by atoms with Crippen molar-refractivity contribution in [2.75, 3.05) is 45.9 Å². The van der Waals surface area contributed by atoms with E-state index in [0.717, 1.165) is 18.8 Å². The van der Waals surface area contributed by atoms with E-state index in [1.165, 1.54) is 12.8 Å². The number of β-amino-alcohol motifs (C(OH)–C–C–N with tert-alkyl or cyclic N) is 1. The number of likely N-dealkylation sites (tertiary alicyclic amines) is 1. The van der Waals surface area contributed by atoms with Crippen LogP contribution in [0.15, 0.2) is 36.9 Å². The molecular weight excluding hydrogens is 346 g/mol. The third kappa shape index (κ3) is 4.18. The number of benzene rings is 1. The average molecular weight is 371 g/mol. The van der Waals surface area contributed by atoms with Gasteiger partial charge in [-0.1, -0.05) is 0 Å². The van der Waals surface area contributed by atoms with Gasteiger partial charge in [0.2, 0.25) is 0 Å². The lowest BCUT2D eigenvalue weighted by atomic mass is 10.0. The molecule has 3 heterocycles. The van der Waals surface area contributed by atoms with E-state index in [1.807, 2.05) is 12.1 Å². The minimum Gasteiger partial charge on any atom is -0.384 e. The third-order valence-electron chi connectivity index (χ3n) is 5.20. The normalized spacial score (nSPS) is 24.1. The van der Waals surface area contributed by atoms with Gasteiger partial charge in [-0.2, -0.15) is 0 Å². The molecule has 144 valence electrons. The van der Waals surface area contributed by atoms with E-state index in [9.17, 15) is 9.90 Å². The SMILES string of the molecule is O=C(c1ccc(-n2cnnc2)cc1)N1CCOC[C@](O)(CN2CCCC2)C1. The van der Waals surface area contributed by atoms with Crippen LogP contribution in [0.3, 0.4) is 0 Å². The van der Waals surface area contributed by atoms with Gasteiger partial charge in [0.1, 0.15) is 18.3 Å². The van der Waals surface area contributed by atoms with Crippen LogP contribution in [0, 0.1) is 0 Å². The first kappa shape index (κ1) is 18.1. The van der Waals surface area contributed by atoms with Crippen LogP contribution in [-0.4, -0.2) is 87.1 Å². The number of amides is 1. The molecule has 1 aromatic heterocycles. The summed E-state index contributed by atoms with van der Waals surface area (Å²) in [6.07, 6.45) is 5.56. The van der Waals surface area contributed by atoms with E-state index >= 15 is 0 Å². The molecule has 27 heavy (non-hydrogen) atoms. The predicted molar refractivity (Wildman–Crippen MR) is 98.7 cm³/mol. The van der Waals surface area contributed by atoms with Gasteiger partial charge in [-0.15, -0.1) is 10.2 Å². The molecule has 2 aromatic rings. The van der Waals surface area contributed by atoms with Crippen molar-refractivity contribution in [3.05, 3.63) is 42.5 Å². The lowest BCUT2D eigenvalue weighted by molar-refractivity contribution is -0.0524. The van der Waals surface area contributed by atoms with E-state index in [2.05, 4.69) is 15.1 Å². The third-order valence-corrected chi connectivity index (χ3v) is 5.20. The lowest BCUT2D eigenvalue weighted by Gasteiger charge is -2.34. The molecule has 4 rings (SSSR count). The van der Waals surface area contributed by atoms with Crippen LogP contribution in [0.2, 0.25) is 0 Å². The largest absolute Gasteiger partial charge is 0.384 e. The summed E-state index contributed by atoms with van der Waals surface area (Å²) >= 11 is 0. The molecular formula is C19H25N5O3. The highest BCUT2D eigenvalue weighted by molar-refractivity contribution is 5.94. The molecule has 1 aromatic carbocycles. The minimum atomic E-state index is -1.03. The van der Waals surface area contributed by atoms with Gasteiger partial charge in [-0.3, -0.25) is 9.36 Å². The number of carbonyl (C=O) groups excluding carboxylic acids is 1. The number of nitrogens with zero attached hydrogens (tertiary/aromatic N) is 5. The van der Waals surface area contributed by atoms with Gasteiger partial charge in [0, 0.05) is 24.3 Å². The maximum absolute atomic E-state index is 13.0. The van der Waals surface area contributed by atoms with Crippen molar-refractivity contribution in [2.24, 2.45) is 0 Å². The zero-order valence-corrected chi connectivity index (χ0v) is 15.3. The van der Waals surface area contributed by atoms with Crippen molar-refractivity contribution in [3.63, 3.8) is 0 Å². The second-order valence-electron chi connectivity index (χ2n) is 7.40. The first-order valence-electron chi connectivity index (χ1n) is 9.40. The van der Waals surface area contributed by atoms with Crippen molar-refractivity contribution in [2.45, 2.75) is 18.4 Å². The van der Waals surface area contributed by atoms with Gasteiger partial charge in [0.05, 0.1) is 19.8 Å². The van der Waals surface area contributed by atoms with Crippen LogP contribution in [0.5, 0.6) is 0 Å². The zero-order chi connectivity index (χ0) is 18.7. The van der Waals surface area contributed by atoms with Crippen LogP contribution in [0.1, 0.15) is 23.2 Å². The smallest absolute Gasteiger partial charge is 0.254 e. The Hall–Kier alpha value is -2.29. The molecule has 0 radical (unpaired) electrons. The Morgan fingerprint density at radius 2 is 1.81 bits per heavy atom. The van der Waals surface area contributed by atoms with Gasteiger partial charge in [-0.05, 0) is 50.2 Å². The number of ether oxygens (including phenoxy) is 1. The van der Waals surface area contributed by atoms with Gasteiger partial charge >= 0.3 is 0 Å². The molecule has 0 spiro atoms. The molecule has 1 N–H and O–H groups in total. The molecule has 2 aliphatic rings. The standard InChI is InChI=1S/C19H25N5O3/c25-18(16-3-5-17(6-4-16)24-14-20-21-15-24)23-9-10-27-13-19(26,12-23)11-22-7-1-2-8-22/h3-6,14-15,26H,1-2,7-13H2/t19-/m0/s1. The number of carbonyl (C=O) groups is 1. The first-order valence-corrected chi connectivity index (χ1v) is 9.40. The van der Waals surface area contributed by atoms with Crippen molar-refractivity contribution in [3.8, 4) is 5.69 Å². The number of aliphatic hydroxyl groups is 1. The first-order chi connectivity index (χ1) is 13.1. The van der Waals surface area contributed by atoms with Crippen molar-refractivity contribution in [1.29, 1.82) is 0 Å². The molecule has 0 unspecified atom stereocenters. The summed E-state index contributed by atoms with van der Waals surface area (Å²) in [7, 11) is 0. The average Bonchev–Trinajstić information content (AvgIpc) is 3.35. The number of hydrogen-bond acceptors (Lipinski definition) is 6. The summed E-state index contributed by atoms with van der Waals surface area (Å²) in [5.41, 5.74) is 0.456.